The van der Waals surface area contributed by atoms with Crippen LogP contribution in [-0.4, -0.2) is 46.6 Å². The van der Waals surface area contributed by atoms with Crippen LogP contribution in [0.25, 0.3) is 11.1 Å². The van der Waals surface area contributed by atoms with Gasteiger partial charge in [0.2, 0.25) is 0 Å². The van der Waals surface area contributed by atoms with Crippen LogP contribution in [0.1, 0.15) is 34.3 Å². The van der Waals surface area contributed by atoms with E-state index in [1.807, 2.05) is 48.5 Å². The highest BCUT2D eigenvalue weighted by molar-refractivity contribution is 6.31. The second kappa shape index (κ2) is 10.3. The number of halogens is 1. The highest BCUT2D eigenvalue weighted by atomic mass is 35.5. The summed E-state index contributed by atoms with van der Waals surface area (Å²) in [6.07, 6.45) is -3.60. The van der Waals surface area contributed by atoms with Gasteiger partial charge in [0.1, 0.15) is 18.8 Å². The molecule has 1 amide bonds. The molecule has 8 heteroatoms. The number of carboxylic acid groups (broad SMARTS) is 1. The first-order valence-electron chi connectivity index (χ1n) is 10.8. The zero-order valence-electron chi connectivity index (χ0n) is 18.1. The van der Waals surface area contributed by atoms with Crippen LogP contribution in [0, 0.1) is 0 Å². The maximum absolute atomic E-state index is 12.3. The minimum Gasteiger partial charge on any atom is -0.481 e. The summed E-state index contributed by atoms with van der Waals surface area (Å²) in [5, 5.41) is 32.3. The van der Waals surface area contributed by atoms with Crippen LogP contribution in [0.3, 0.4) is 0 Å². The Morgan fingerprint density at radius 1 is 0.971 bits per heavy atom. The number of hydrogen-bond acceptors (Lipinski definition) is 5. The number of rotatable bonds is 8. The first-order chi connectivity index (χ1) is 16.3. The number of aliphatic hydroxyl groups excluding tert-OH is 2. The Bertz CT molecular complexity index is 1170. The molecule has 0 saturated heterocycles. The molecule has 0 fully saturated rings. The molecule has 3 aromatic carbocycles. The molecule has 0 heterocycles. The number of benzene rings is 3. The lowest BCUT2D eigenvalue weighted by molar-refractivity contribution is -0.136. The number of fused-ring (bicyclic) bond motifs is 3. The van der Waals surface area contributed by atoms with Gasteiger partial charge < -0.3 is 25.4 Å². The maximum Gasteiger partial charge on any atom is 0.407 e. The number of carboxylic acids is 1. The van der Waals surface area contributed by atoms with E-state index in [2.05, 4.69) is 5.32 Å². The van der Waals surface area contributed by atoms with E-state index >= 15 is 0 Å². The summed E-state index contributed by atoms with van der Waals surface area (Å²) in [6.45, 7) is -0.106. The Hall–Kier alpha value is -3.39. The van der Waals surface area contributed by atoms with E-state index in [9.17, 15) is 19.8 Å². The van der Waals surface area contributed by atoms with Crippen molar-refractivity contribution < 1.29 is 29.6 Å². The van der Waals surface area contributed by atoms with Gasteiger partial charge >= 0.3 is 12.1 Å². The van der Waals surface area contributed by atoms with Crippen LogP contribution in [0.2, 0.25) is 5.02 Å². The van der Waals surface area contributed by atoms with Crippen LogP contribution < -0.4 is 5.32 Å². The standard InChI is InChI=1S/C26H24ClNO6/c27-22-11-16(10-9-15(22)12-24(30)31)25(32)23(29)13-28-26(33)34-14-21-19-7-3-1-5-17(19)18-6-2-4-8-20(18)21/h1-11,21,23,25,29,32H,12-14H2,(H,28,33)(H,30,31). The number of carbonyl (C=O) groups excluding carboxylic acids is 1. The molecule has 2 atom stereocenters. The third-order valence-corrected chi connectivity index (χ3v) is 6.28. The van der Waals surface area contributed by atoms with E-state index in [0.29, 0.717) is 11.1 Å². The van der Waals surface area contributed by atoms with E-state index in [4.69, 9.17) is 21.4 Å². The van der Waals surface area contributed by atoms with Crippen molar-refractivity contribution in [3.63, 3.8) is 0 Å². The molecular weight excluding hydrogens is 458 g/mol. The van der Waals surface area contributed by atoms with Gasteiger partial charge in [-0.1, -0.05) is 72.3 Å². The Morgan fingerprint density at radius 3 is 2.18 bits per heavy atom. The van der Waals surface area contributed by atoms with Crippen molar-refractivity contribution in [3.8, 4) is 11.1 Å². The molecule has 34 heavy (non-hydrogen) atoms. The van der Waals surface area contributed by atoms with Crippen LogP contribution >= 0.6 is 11.6 Å². The quantitative estimate of drug-likeness (QED) is 0.388. The fourth-order valence-corrected chi connectivity index (χ4v) is 4.48. The zero-order valence-corrected chi connectivity index (χ0v) is 18.9. The van der Waals surface area contributed by atoms with Crippen LogP contribution in [-0.2, 0) is 16.0 Å². The van der Waals surface area contributed by atoms with Gasteiger partial charge in [-0.2, -0.15) is 0 Å². The largest absolute Gasteiger partial charge is 0.481 e. The van der Waals surface area contributed by atoms with Crippen molar-refractivity contribution in [1.29, 1.82) is 0 Å². The third kappa shape index (κ3) is 5.07. The monoisotopic (exact) mass is 481 g/mol. The molecule has 0 spiro atoms. The fourth-order valence-electron chi connectivity index (χ4n) is 4.22. The SMILES string of the molecule is O=C(O)Cc1ccc(C(O)C(O)CNC(=O)OCC2c3ccccc3-c3ccccc32)cc1Cl. The molecule has 4 rings (SSSR count). The third-order valence-electron chi connectivity index (χ3n) is 5.92. The average Bonchev–Trinajstić information content (AvgIpc) is 3.15. The molecule has 0 bridgehead atoms. The molecule has 176 valence electrons. The number of nitrogens with one attached hydrogen (secondary N) is 1. The molecule has 1 aliphatic rings. The Morgan fingerprint density at radius 2 is 1.59 bits per heavy atom. The summed E-state index contributed by atoms with van der Waals surface area (Å²) in [5.41, 5.74) is 5.14. The summed E-state index contributed by atoms with van der Waals surface area (Å²) in [5.74, 6) is -1.11. The Kier molecular flexibility index (Phi) is 7.17. The molecule has 0 radical (unpaired) electrons. The van der Waals surface area contributed by atoms with Gasteiger partial charge in [0.05, 0.1) is 6.42 Å². The van der Waals surface area contributed by atoms with Gasteiger partial charge in [0.25, 0.3) is 0 Å². The van der Waals surface area contributed by atoms with Crippen molar-refractivity contribution in [3.05, 3.63) is 94.0 Å². The number of alkyl carbamates (subject to hydrolysis) is 1. The second-order valence-corrected chi connectivity index (χ2v) is 8.55. The first kappa shape index (κ1) is 23.8. The van der Waals surface area contributed by atoms with Crippen LogP contribution in [0.4, 0.5) is 4.79 Å². The molecule has 1 aliphatic carbocycles. The van der Waals surface area contributed by atoms with E-state index in [0.717, 1.165) is 22.3 Å². The van der Waals surface area contributed by atoms with Gasteiger partial charge in [-0.25, -0.2) is 4.79 Å². The van der Waals surface area contributed by atoms with Gasteiger partial charge in [-0.15, -0.1) is 0 Å². The van der Waals surface area contributed by atoms with E-state index in [-0.39, 0.29) is 30.5 Å². The summed E-state index contributed by atoms with van der Waals surface area (Å²) in [6, 6.07) is 20.4. The molecule has 2 unspecified atom stereocenters. The lowest BCUT2D eigenvalue weighted by Crippen LogP contribution is -2.36. The van der Waals surface area contributed by atoms with Crippen LogP contribution in [0.15, 0.2) is 66.7 Å². The summed E-state index contributed by atoms with van der Waals surface area (Å²) < 4.78 is 5.43. The molecule has 4 N–H and O–H groups in total. The van der Waals surface area contributed by atoms with Gasteiger partial charge in [-0.3, -0.25) is 4.79 Å². The van der Waals surface area contributed by atoms with Crippen molar-refractivity contribution in [1.82, 2.24) is 5.32 Å². The van der Waals surface area contributed by atoms with Gasteiger partial charge in [-0.05, 0) is 39.4 Å². The van der Waals surface area contributed by atoms with Gasteiger partial charge in [0.15, 0.2) is 0 Å². The minimum absolute atomic E-state index is 0.0832. The van der Waals surface area contributed by atoms with Crippen molar-refractivity contribution >= 4 is 23.7 Å². The van der Waals surface area contributed by atoms with Crippen LogP contribution in [0.5, 0.6) is 0 Å². The molecule has 0 aromatic heterocycles. The lowest BCUT2D eigenvalue weighted by atomic mass is 9.98. The predicted molar refractivity (Wildman–Crippen MR) is 127 cm³/mol. The maximum atomic E-state index is 12.3. The van der Waals surface area contributed by atoms with E-state index in [1.54, 1.807) is 0 Å². The number of aliphatic carboxylic acids is 1. The average molecular weight is 482 g/mol. The van der Waals surface area contributed by atoms with Crippen molar-refractivity contribution in [2.24, 2.45) is 0 Å². The molecule has 0 aliphatic heterocycles. The minimum atomic E-state index is -1.33. The molecule has 3 aromatic rings. The van der Waals surface area contributed by atoms with E-state index in [1.165, 1.54) is 18.2 Å². The predicted octanol–water partition coefficient (Wildman–Crippen LogP) is 3.90. The van der Waals surface area contributed by atoms with Crippen molar-refractivity contribution in [2.45, 2.75) is 24.5 Å². The van der Waals surface area contributed by atoms with E-state index < -0.39 is 24.3 Å². The molecule has 7 nitrogen and oxygen atoms in total. The number of aliphatic hydroxyl groups is 2. The smallest absolute Gasteiger partial charge is 0.407 e. The number of hydrogen-bond donors (Lipinski definition) is 4. The fraction of sp³-hybridized carbons (Fsp3) is 0.231. The Balaban J connectivity index is 1.32. The summed E-state index contributed by atoms with van der Waals surface area (Å²) in [7, 11) is 0. The molecular formula is C26H24ClNO6. The Labute approximate surface area is 201 Å². The zero-order chi connectivity index (χ0) is 24.2. The summed E-state index contributed by atoms with van der Waals surface area (Å²) in [4.78, 5) is 23.1. The highest BCUT2D eigenvalue weighted by Gasteiger charge is 2.29. The highest BCUT2D eigenvalue weighted by Crippen LogP contribution is 2.44. The number of amides is 1. The molecule has 0 saturated carbocycles. The second-order valence-electron chi connectivity index (χ2n) is 8.14. The topological polar surface area (TPSA) is 116 Å². The number of ether oxygens (including phenoxy) is 1. The van der Waals surface area contributed by atoms with Crippen molar-refractivity contribution in [2.75, 3.05) is 13.2 Å². The van der Waals surface area contributed by atoms with Gasteiger partial charge in [0, 0.05) is 17.5 Å². The number of carbonyl (C=O) groups is 2. The first-order valence-corrected chi connectivity index (χ1v) is 11.2. The normalized spacial score (nSPS) is 14.1. The lowest BCUT2D eigenvalue weighted by Gasteiger charge is -2.20. The summed E-state index contributed by atoms with van der Waals surface area (Å²) >= 11 is 6.08.